The predicted molar refractivity (Wildman–Crippen MR) is 95.0 cm³/mol. The van der Waals surface area contributed by atoms with Crippen molar-refractivity contribution >= 4 is 18.0 Å². The third kappa shape index (κ3) is 6.68. The maximum atomic E-state index is 12.0. The Morgan fingerprint density at radius 3 is 2.60 bits per heavy atom. The zero-order chi connectivity index (χ0) is 18.8. The van der Waals surface area contributed by atoms with E-state index < -0.39 is 5.91 Å². The van der Waals surface area contributed by atoms with E-state index in [9.17, 15) is 14.9 Å². The quantitative estimate of drug-likeness (QED) is 0.338. The molecule has 0 bridgehead atoms. The lowest BCUT2D eigenvalue weighted by molar-refractivity contribution is -0.134. The number of nitriles is 1. The molecule has 0 atom stereocenters. The van der Waals surface area contributed by atoms with Gasteiger partial charge in [-0.15, -0.1) is 0 Å². The van der Waals surface area contributed by atoms with E-state index in [0.717, 1.165) is 12.8 Å². The highest BCUT2D eigenvalue weighted by Crippen LogP contribution is 2.29. The van der Waals surface area contributed by atoms with Gasteiger partial charge in [0.15, 0.2) is 11.5 Å². The Labute approximate surface area is 148 Å². The fourth-order valence-electron chi connectivity index (χ4n) is 2.01. The van der Waals surface area contributed by atoms with Crippen LogP contribution in [0.25, 0.3) is 6.08 Å². The Bertz CT molecular complexity index is 687. The molecule has 0 fully saturated rings. The summed E-state index contributed by atoms with van der Waals surface area (Å²) in [6.45, 7) is 5.63. The molecule has 6 nitrogen and oxygen atoms in total. The second-order valence-corrected chi connectivity index (χ2v) is 5.79. The molecule has 1 rings (SSSR count). The maximum absolute atomic E-state index is 12.0. The highest BCUT2D eigenvalue weighted by molar-refractivity contribution is 6.01. The average molecular weight is 344 g/mol. The first-order valence-electron chi connectivity index (χ1n) is 8.22. The number of esters is 1. The number of rotatable bonds is 8. The van der Waals surface area contributed by atoms with Crippen LogP contribution in [-0.4, -0.2) is 25.0 Å². The molecule has 0 aliphatic carbocycles. The maximum Gasteiger partial charge on any atom is 0.311 e. The van der Waals surface area contributed by atoms with Crippen LogP contribution in [0.5, 0.6) is 11.5 Å². The number of carbonyl (C=O) groups is 2. The second kappa shape index (κ2) is 10.1. The lowest BCUT2D eigenvalue weighted by atomic mass is 10.1. The van der Waals surface area contributed by atoms with Crippen molar-refractivity contribution in [1.82, 2.24) is 5.32 Å². The number of unbranched alkanes of at least 4 members (excludes halogenated alkanes) is 1. The zero-order valence-electron chi connectivity index (χ0n) is 15.1. The van der Waals surface area contributed by atoms with E-state index in [-0.39, 0.29) is 17.6 Å². The summed E-state index contributed by atoms with van der Waals surface area (Å²) < 4.78 is 10.5. The van der Waals surface area contributed by atoms with Crippen LogP contribution >= 0.6 is 0 Å². The SMILES string of the molecule is CCCCC(=O)Oc1ccc(/C=C(\C#N)C(=O)NC(C)C)cc1OC. The molecule has 1 aromatic rings. The van der Waals surface area contributed by atoms with Crippen LogP contribution in [0.3, 0.4) is 0 Å². The van der Waals surface area contributed by atoms with Crippen LogP contribution in [0.2, 0.25) is 0 Å². The lowest BCUT2D eigenvalue weighted by Gasteiger charge is -2.10. The van der Waals surface area contributed by atoms with Crippen molar-refractivity contribution in [2.45, 2.75) is 46.1 Å². The van der Waals surface area contributed by atoms with E-state index in [1.807, 2.05) is 26.8 Å². The van der Waals surface area contributed by atoms with Crippen molar-refractivity contribution in [3.8, 4) is 17.6 Å². The van der Waals surface area contributed by atoms with Crippen LogP contribution in [0, 0.1) is 11.3 Å². The van der Waals surface area contributed by atoms with Crippen LogP contribution in [0.15, 0.2) is 23.8 Å². The number of benzene rings is 1. The number of methoxy groups -OCH3 is 1. The summed E-state index contributed by atoms with van der Waals surface area (Å²) in [4.78, 5) is 23.7. The number of carbonyl (C=O) groups excluding carboxylic acids is 2. The summed E-state index contributed by atoms with van der Waals surface area (Å²) in [6.07, 6.45) is 3.47. The molecule has 0 spiro atoms. The van der Waals surface area contributed by atoms with Gasteiger partial charge in [-0.25, -0.2) is 0 Å². The minimum atomic E-state index is -0.438. The third-order valence-electron chi connectivity index (χ3n) is 3.24. The van der Waals surface area contributed by atoms with Gasteiger partial charge in [-0.05, 0) is 44.0 Å². The van der Waals surface area contributed by atoms with Crippen molar-refractivity contribution in [3.63, 3.8) is 0 Å². The van der Waals surface area contributed by atoms with Gasteiger partial charge in [0.25, 0.3) is 5.91 Å². The number of hydrogen-bond donors (Lipinski definition) is 1. The Balaban J connectivity index is 3.00. The summed E-state index contributed by atoms with van der Waals surface area (Å²) in [5, 5.41) is 11.8. The van der Waals surface area contributed by atoms with E-state index in [0.29, 0.717) is 23.5 Å². The van der Waals surface area contributed by atoms with Gasteiger partial charge in [-0.1, -0.05) is 19.4 Å². The number of amides is 1. The topological polar surface area (TPSA) is 88.4 Å². The molecule has 0 aliphatic heterocycles. The second-order valence-electron chi connectivity index (χ2n) is 5.79. The average Bonchev–Trinajstić information content (AvgIpc) is 2.58. The standard InChI is InChI=1S/C19H24N2O4/c1-5-6-7-18(22)25-16-9-8-14(11-17(16)24-4)10-15(12-20)19(23)21-13(2)3/h8-11,13H,5-7H2,1-4H3,(H,21,23)/b15-10+. The van der Waals surface area contributed by atoms with Gasteiger partial charge in [0.05, 0.1) is 7.11 Å². The van der Waals surface area contributed by atoms with Crippen molar-refractivity contribution in [3.05, 3.63) is 29.3 Å². The molecule has 1 aromatic carbocycles. The first kappa shape index (κ1) is 20.2. The Kier molecular flexibility index (Phi) is 8.21. The molecule has 0 radical (unpaired) electrons. The number of hydrogen-bond acceptors (Lipinski definition) is 5. The van der Waals surface area contributed by atoms with Gasteiger partial charge in [0.1, 0.15) is 11.6 Å². The molecule has 0 unspecified atom stereocenters. The van der Waals surface area contributed by atoms with Crippen LogP contribution in [-0.2, 0) is 9.59 Å². The fourth-order valence-corrected chi connectivity index (χ4v) is 2.01. The first-order chi connectivity index (χ1) is 11.9. The summed E-state index contributed by atoms with van der Waals surface area (Å²) in [5.74, 6) is -0.0879. The predicted octanol–water partition coefficient (Wildman–Crippen LogP) is 3.22. The molecule has 0 aliphatic rings. The minimum absolute atomic E-state index is 0.0107. The summed E-state index contributed by atoms with van der Waals surface area (Å²) in [7, 11) is 1.46. The summed E-state index contributed by atoms with van der Waals surface area (Å²) in [5.41, 5.74) is 0.587. The molecule has 1 amide bonds. The number of nitrogens with zero attached hydrogens (tertiary/aromatic N) is 1. The van der Waals surface area contributed by atoms with E-state index >= 15 is 0 Å². The van der Waals surface area contributed by atoms with Gasteiger partial charge >= 0.3 is 5.97 Å². The van der Waals surface area contributed by atoms with Crippen molar-refractivity contribution in [2.75, 3.05) is 7.11 Å². The van der Waals surface area contributed by atoms with E-state index in [4.69, 9.17) is 9.47 Å². The first-order valence-corrected chi connectivity index (χ1v) is 8.22. The molecular weight excluding hydrogens is 320 g/mol. The van der Waals surface area contributed by atoms with Gasteiger partial charge in [0.2, 0.25) is 0 Å². The van der Waals surface area contributed by atoms with Gasteiger partial charge in [-0.2, -0.15) is 5.26 Å². The number of nitrogens with one attached hydrogen (secondary N) is 1. The highest BCUT2D eigenvalue weighted by Gasteiger charge is 2.13. The zero-order valence-corrected chi connectivity index (χ0v) is 15.1. The summed E-state index contributed by atoms with van der Waals surface area (Å²) in [6, 6.07) is 6.68. The Morgan fingerprint density at radius 1 is 1.32 bits per heavy atom. The summed E-state index contributed by atoms with van der Waals surface area (Å²) >= 11 is 0. The molecule has 0 saturated heterocycles. The van der Waals surface area contributed by atoms with E-state index in [1.54, 1.807) is 18.2 Å². The molecule has 6 heteroatoms. The highest BCUT2D eigenvalue weighted by atomic mass is 16.6. The lowest BCUT2D eigenvalue weighted by Crippen LogP contribution is -2.30. The number of ether oxygens (including phenoxy) is 2. The molecule has 0 aromatic heterocycles. The largest absolute Gasteiger partial charge is 0.493 e. The van der Waals surface area contributed by atoms with E-state index in [2.05, 4.69) is 5.32 Å². The van der Waals surface area contributed by atoms with Crippen LogP contribution in [0.1, 0.15) is 45.6 Å². The Morgan fingerprint density at radius 2 is 2.04 bits per heavy atom. The van der Waals surface area contributed by atoms with Gasteiger partial charge in [-0.3, -0.25) is 9.59 Å². The van der Waals surface area contributed by atoms with Crippen molar-refractivity contribution < 1.29 is 19.1 Å². The van der Waals surface area contributed by atoms with Crippen molar-refractivity contribution in [2.24, 2.45) is 0 Å². The third-order valence-corrected chi connectivity index (χ3v) is 3.24. The smallest absolute Gasteiger partial charge is 0.311 e. The fraction of sp³-hybridized carbons (Fsp3) is 0.421. The monoisotopic (exact) mass is 344 g/mol. The molecular formula is C19H24N2O4. The Hall–Kier alpha value is -2.81. The van der Waals surface area contributed by atoms with Gasteiger partial charge in [0, 0.05) is 12.5 Å². The van der Waals surface area contributed by atoms with Crippen LogP contribution in [0.4, 0.5) is 0 Å². The molecule has 1 N–H and O–H groups in total. The normalized spacial score (nSPS) is 11.0. The minimum Gasteiger partial charge on any atom is -0.493 e. The molecule has 134 valence electrons. The van der Waals surface area contributed by atoms with Crippen LogP contribution < -0.4 is 14.8 Å². The molecule has 0 saturated carbocycles. The van der Waals surface area contributed by atoms with Gasteiger partial charge < -0.3 is 14.8 Å². The van der Waals surface area contributed by atoms with Crippen molar-refractivity contribution in [1.29, 1.82) is 5.26 Å². The molecule has 0 heterocycles. The molecule has 25 heavy (non-hydrogen) atoms. The van der Waals surface area contributed by atoms with E-state index in [1.165, 1.54) is 13.2 Å².